The molecule has 1 aromatic rings. The Kier molecular flexibility index (Phi) is 1.97. The lowest BCUT2D eigenvalue weighted by Gasteiger charge is -1.88. The largest absolute Gasteiger partial charge is 0.181 e. The number of nitrogens with zero attached hydrogens (tertiary/aromatic N) is 2. The lowest BCUT2D eigenvalue weighted by atomic mass is 10.3. The molecular formula is C5H4N2S3. The van der Waals surface area contributed by atoms with E-state index in [0.29, 0.717) is 0 Å². The van der Waals surface area contributed by atoms with E-state index in [4.69, 9.17) is 0 Å². The van der Waals surface area contributed by atoms with Crippen LogP contribution in [-0.2, 0) is 0 Å². The van der Waals surface area contributed by atoms with Crippen LogP contribution >= 0.6 is 33.3 Å². The molecule has 0 amide bonds. The first-order valence-corrected chi connectivity index (χ1v) is 5.83. The Morgan fingerprint density at radius 1 is 1.50 bits per heavy atom. The van der Waals surface area contributed by atoms with Crippen LogP contribution in [-0.4, -0.2) is 14.5 Å². The summed E-state index contributed by atoms with van der Waals surface area (Å²) in [6, 6.07) is 0. The molecule has 1 aliphatic heterocycles. The van der Waals surface area contributed by atoms with Crippen molar-refractivity contribution in [3.8, 4) is 0 Å². The van der Waals surface area contributed by atoms with Gasteiger partial charge in [-0.15, -0.1) is 0 Å². The van der Waals surface area contributed by atoms with E-state index in [1.54, 1.807) is 10.8 Å². The SMILES string of the molecule is C1=C(c2cnsn2)CSS1. The normalized spacial score (nSPS) is 17.4. The predicted octanol–water partition coefficient (Wildman–Crippen LogP) is 2.27. The van der Waals surface area contributed by atoms with E-state index in [1.165, 1.54) is 17.3 Å². The second-order valence-corrected chi connectivity index (χ2v) is 4.59. The van der Waals surface area contributed by atoms with Gasteiger partial charge in [0.25, 0.3) is 0 Å². The maximum absolute atomic E-state index is 4.13. The molecule has 5 heteroatoms. The van der Waals surface area contributed by atoms with Crippen LogP contribution in [0.4, 0.5) is 0 Å². The van der Waals surface area contributed by atoms with Crippen molar-refractivity contribution >= 4 is 38.9 Å². The summed E-state index contributed by atoms with van der Waals surface area (Å²) in [4.78, 5) is 0. The van der Waals surface area contributed by atoms with Crippen LogP contribution in [0.5, 0.6) is 0 Å². The van der Waals surface area contributed by atoms with Crippen molar-refractivity contribution < 1.29 is 0 Å². The summed E-state index contributed by atoms with van der Waals surface area (Å²) in [7, 11) is 3.61. The molecule has 0 atom stereocenters. The van der Waals surface area contributed by atoms with Gasteiger partial charge in [-0.25, -0.2) is 0 Å². The summed E-state index contributed by atoms with van der Waals surface area (Å²) in [5.41, 5.74) is 2.35. The molecule has 0 unspecified atom stereocenters. The van der Waals surface area contributed by atoms with Gasteiger partial charge >= 0.3 is 0 Å². The van der Waals surface area contributed by atoms with Crippen molar-refractivity contribution in [1.29, 1.82) is 0 Å². The van der Waals surface area contributed by atoms with Gasteiger partial charge in [-0.2, -0.15) is 8.75 Å². The third-order valence-corrected chi connectivity index (χ3v) is 3.64. The second kappa shape index (κ2) is 2.94. The zero-order valence-corrected chi connectivity index (χ0v) is 7.43. The highest BCUT2D eigenvalue weighted by Gasteiger charge is 2.09. The minimum absolute atomic E-state index is 1.04. The molecule has 0 bridgehead atoms. The molecule has 0 saturated heterocycles. The Hall–Kier alpha value is 0. The van der Waals surface area contributed by atoms with Crippen molar-refractivity contribution in [2.75, 3.05) is 5.75 Å². The average Bonchev–Trinajstić information content (AvgIpc) is 2.59. The lowest BCUT2D eigenvalue weighted by molar-refractivity contribution is 1.43. The maximum Gasteiger partial charge on any atom is 0.102 e. The molecule has 1 aliphatic rings. The van der Waals surface area contributed by atoms with E-state index in [0.717, 1.165) is 11.4 Å². The molecule has 52 valence electrons. The fourth-order valence-corrected chi connectivity index (χ4v) is 3.17. The van der Waals surface area contributed by atoms with Gasteiger partial charge in [0.15, 0.2) is 0 Å². The molecule has 10 heavy (non-hydrogen) atoms. The average molecular weight is 188 g/mol. The quantitative estimate of drug-likeness (QED) is 0.631. The predicted molar refractivity (Wildman–Crippen MR) is 47.9 cm³/mol. The van der Waals surface area contributed by atoms with Crippen LogP contribution in [0.1, 0.15) is 5.69 Å². The monoisotopic (exact) mass is 188 g/mol. The van der Waals surface area contributed by atoms with E-state index < -0.39 is 0 Å². The summed E-state index contributed by atoms with van der Waals surface area (Å²) in [6.07, 6.45) is 1.82. The Labute approximate surface area is 70.8 Å². The summed E-state index contributed by atoms with van der Waals surface area (Å²) in [5, 5.41) is 2.14. The Morgan fingerprint density at radius 2 is 2.50 bits per heavy atom. The van der Waals surface area contributed by atoms with Crippen LogP contribution < -0.4 is 0 Å². The van der Waals surface area contributed by atoms with E-state index >= 15 is 0 Å². The number of hydrogen-bond acceptors (Lipinski definition) is 5. The van der Waals surface area contributed by atoms with Crippen LogP contribution in [0.25, 0.3) is 5.57 Å². The minimum atomic E-state index is 1.04. The minimum Gasteiger partial charge on any atom is -0.181 e. The highest BCUT2D eigenvalue weighted by Crippen LogP contribution is 2.37. The zero-order valence-electron chi connectivity index (χ0n) is 4.98. The Morgan fingerprint density at radius 3 is 3.10 bits per heavy atom. The maximum atomic E-state index is 4.13. The van der Waals surface area contributed by atoms with E-state index in [2.05, 4.69) is 14.2 Å². The number of rotatable bonds is 1. The summed E-state index contributed by atoms with van der Waals surface area (Å²) in [6.45, 7) is 0. The smallest absolute Gasteiger partial charge is 0.102 e. The molecule has 2 nitrogen and oxygen atoms in total. The summed E-state index contributed by atoms with van der Waals surface area (Å²) in [5.74, 6) is 1.07. The van der Waals surface area contributed by atoms with Gasteiger partial charge in [-0.1, -0.05) is 21.6 Å². The van der Waals surface area contributed by atoms with Crippen LogP contribution in [0.15, 0.2) is 11.6 Å². The van der Waals surface area contributed by atoms with Crippen molar-refractivity contribution in [2.24, 2.45) is 0 Å². The van der Waals surface area contributed by atoms with Gasteiger partial charge < -0.3 is 0 Å². The molecule has 1 aromatic heterocycles. The van der Waals surface area contributed by atoms with Crippen LogP contribution in [0.2, 0.25) is 0 Å². The van der Waals surface area contributed by atoms with Crippen LogP contribution in [0, 0.1) is 0 Å². The highest BCUT2D eigenvalue weighted by molar-refractivity contribution is 8.78. The summed E-state index contributed by atoms with van der Waals surface area (Å²) < 4.78 is 8.07. The molecule has 0 fully saturated rings. The molecule has 0 aromatic carbocycles. The fraction of sp³-hybridized carbons (Fsp3) is 0.200. The van der Waals surface area contributed by atoms with Gasteiger partial charge in [0, 0.05) is 5.75 Å². The third kappa shape index (κ3) is 1.21. The van der Waals surface area contributed by atoms with Gasteiger partial charge in [0.2, 0.25) is 0 Å². The topological polar surface area (TPSA) is 25.8 Å². The first-order valence-electron chi connectivity index (χ1n) is 2.72. The molecule has 0 saturated carbocycles. The first-order chi connectivity index (χ1) is 4.97. The van der Waals surface area contributed by atoms with Gasteiger partial charge in [0.05, 0.1) is 17.9 Å². The van der Waals surface area contributed by atoms with Gasteiger partial charge in [-0.3, -0.25) is 0 Å². The third-order valence-electron chi connectivity index (χ3n) is 1.16. The molecule has 2 rings (SSSR count). The van der Waals surface area contributed by atoms with E-state index in [9.17, 15) is 0 Å². The molecular weight excluding hydrogens is 184 g/mol. The standard InChI is InChI=1S/C5H4N2S3/c1-5(7-10-6-1)4-2-8-9-3-4/h1-2H,3H2. The Balaban J connectivity index is 2.28. The van der Waals surface area contributed by atoms with Gasteiger partial charge in [0.1, 0.15) is 5.69 Å². The van der Waals surface area contributed by atoms with Crippen LogP contribution in [0.3, 0.4) is 0 Å². The first kappa shape index (κ1) is 6.69. The fourth-order valence-electron chi connectivity index (χ4n) is 0.664. The van der Waals surface area contributed by atoms with E-state index in [1.807, 2.05) is 17.0 Å². The van der Waals surface area contributed by atoms with Crippen molar-refractivity contribution in [2.45, 2.75) is 0 Å². The molecule has 2 heterocycles. The number of hydrogen-bond donors (Lipinski definition) is 0. The van der Waals surface area contributed by atoms with Crippen molar-refractivity contribution in [3.05, 3.63) is 17.3 Å². The highest BCUT2D eigenvalue weighted by atomic mass is 33.1. The second-order valence-electron chi connectivity index (χ2n) is 1.79. The van der Waals surface area contributed by atoms with E-state index in [-0.39, 0.29) is 0 Å². The Bertz CT molecular complexity index is 241. The molecule has 0 N–H and O–H groups in total. The number of aromatic nitrogens is 2. The summed E-state index contributed by atoms with van der Waals surface area (Å²) >= 11 is 1.27. The molecule has 0 radical (unpaired) electrons. The van der Waals surface area contributed by atoms with Gasteiger partial charge in [-0.05, 0) is 11.0 Å². The van der Waals surface area contributed by atoms with Crippen molar-refractivity contribution in [1.82, 2.24) is 8.75 Å². The lowest BCUT2D eigenvalue weighted by Crippen LogP contribution is -1.81. The zero-order chi connectivity index (χ0) is 6.81. The molecule has 0 spiro atoms. The molecule has 0 aliphatic carbocycles. The van der Waals surface area contributed by atoms with Crippen molar-refractivity contribution in [3.63, 3.8) is 0 Å².